The van der Waals surface area contributed by atoms with E-state index in [1.54, 1.807) is 14.2 Å². The Hall–Kier alpha value is -1.19. The van der Waals surface area contributed by atoms with Crippen LogP contribution in [-0.2, 0) is 9.47 Å². The van der Waals surface area contributed by atoms with Crippen LogP contribution in [0.4, 0.5) is 0 Å². The predicted octanol–water partition coefficient (Wildman–Crippen LogP) is 1.72. The fourth-order valence-corrected chi connectivity index (χ4v) is 1.03. The lowest BCUT2D eigenvalue weighted by Gasteiger charge is -2.09. The molecule has 0 atom stereocenters. The first-order valence-corrected chi connectivity index (χ1v) is 4.47. The second-order valence-electron chi connectivity index (χ2n) is 2.81. The first-order valence-electron chi connectivity index (χ1n) is 4.47. The number of ether oxygens (including phenoxy) is 2. The van der Waals surface area contributed by atoms with Crippen LogP contribution in [-0.4, -0.2) is 33.3 Å². The molecule has 0 saturated heterocycles. The van der Waals surface area contributed by atoms with Crippen LogP contribution < -0.4 is 0 Å². The van der Waals surface area contributed by atoms with Gasteiger partial charge < -0.3 is 9.47 Å². The molecule has 0 aliphatic rings. The molecule has 0 fully saturated rings. The van der Waals surface area contributed by atoms with Gasteiger partial charge in [0, 0.05) is 20.4 Å². The zero-order valence-corrected chi connectivity index (χ0v) is 8.51. The molecule has 0 bridgehead atoms. The van der Waals surface area contributed by atoms with Crippen molar-refractivity contribution in [3.8, 4) is 0 Å². The first kappa shape index (κ1) is 10.9. The zero-order chi connectivity index (χ0) is 10.2. The van der Waals surface area contributed by atoms with Gasteiger partial charge in [0.15, 0.2) is 6.29 Å². The molecule has 3 heteroatoms. The summed E-state index contributed by atoms with van der Waals surface area (Å²) in [6, 6.07) is 9.93. The van der Waals surface area contributed by atoms with Gasteiger partial charge in [0.1, 0.15) is 0 Å². The number of nitrogens with zero attached hydrogens (tertiary/aromatic N) is 1. The van der Waals surface area contributed by atoms with Gasteiger partial charge in [-0.1, -0.05) is 30.3 Å². The molecule has 0 heterocycles. The van der Waals surface area contributed by atoms with Gasteiger partial charge >= 0.3 is 0 Å². The van der Waals surface area contributed by atoms with E-state index in [1.807, 2.05) is 36.5 Å². The summed E-state index contributed by atoms with van der Waals surface area (Å²) in [5.74, 6) is 0. The largest absolute Gasteiger partial charge is 0.354 e. The third kappa shape index (κ3) is 3.68. The molecule has 76 valence electrons. The van der Waals surface area contributed by atoms with E-state index in [1.165, 1.54) is 0 Å². The molecule has 0 aromatic heterocycles. The Kier molecular flexibility index (Phi) is 4.89. The number of rotatable bonds is 5. The van der Waals surface area contributed by atoms with E-state index in [2.05, 4.69) is 4.99 Å². The molecule has 0 saturated carbocycles. The summed E-state index contributed by atoms with van der Waals surface area (Å²) in [6.07, 6.45) is 1.56. The summed E-state index contributed by atoms with van der Waals surface area (Å²) in [5, 5.41) is 0. The Morgan fingerprint density at radius 1 is 1.21 bits per heavy atom. The molecule has 0 unspecified atom stereocenters. The van der Waals surface area contributed by atoms with E-state index in [9.17, 15) is 0 Å². The van der Waals surface area contributed by atoms with Crippen molar-refractivity contribution in [1.29, 1.82) is 0 Å². The molecule has 0 radical (unpaired) electrons. The zero-order valence-electron chi connectivity index (χ0n) is 8.51. The van der Waals surface area contributed by atoms with Gasteiger partial charge in [-0.3, -0.25) is 4.99 Å². The van der Waals surface area contributed by atoms with Crippen LogP contribution in [0.25, 0.3) is 0 Å². The van der Waals surface area contributed by atoms with E-state index in [0.717, 1.165) is 5.56 Å². The van der Waals surface area contributed by atoms with Crippen molar-refractivity contribution in [2.45, 2.75) is 6.29 Å². The third-order valence-electron chi connectivity index (χ3n) is 1.82. The SMILES string of the molecule is COC(CN=Cc1ccccc1)OC. The van der Waals surface area contributed by atoms with Gasteiger partial charge in [0.25, 0.3) is 0 Å². The van der Waals surface area contributed by atoms with Gasteiger partial charge in [-0.25, -0.2) is 0 Å². The summed E-state index contributed by atoms with van der Waals surface area (Å²) >= 11 is 0. The summed E-state index contributed by atoms with van der Waals surface area (Å²) in [6.45, 7) is 0.516. The van der Waals surface area contributed by atoms with Crippen molar-refractivity contribution in [3.63, 3.8) is 0 Å². The predicted molar refractivity (Wildman–Crippen MR) is 56.7 cm³/mol. The summed E-state index contributed by atoms with van der Waals surface area (Å²) in [4.78, 5) is 4.21. The minimum absolute atomic E-state index is 0.255. The van der Waals surface area contributed by atoms with E-state index < -0.39 is 0 Å². The van der Waals surface area contributed by atoms with E-state index in [-0.39, 0.29) is 6.29 Å². The molecule has 0 spiro atoms. The molecule has 0 aliphatic carbocycles. The molecular weight excluding hydrogens is 178 g/mol. The second kappa shape index (κ2) is 6.29. The minimum atomic E-state index is -0.255. The highest BCUT2D eigenvalue weighted by Gasteiger charge is 2.00. The van der Waals surface area contributed by atoms with Crippen molar-refractivity contribution < 1.29 is 9.47 Å². The van der Waals surface area contributed by atoms with Crippen molar-refractivity contribution in [2.24, 2.45) is 4.99 Å². The first-order chi connectivity index (χ1) is 6.86. The second-order valence-corrected chi connectivity index (χ2v) is 2.81. The fourth-order valence-electron chi connectivity index (χ4n) is 1.03. The quantitative estimate of drug-likeness (QED) is 0.526. The number of hydrogen-bond acceptors (Lipinski definition) is 3. The lowest BCUT2D eigenvalue weighted by atomic mass is 10.2. The van der Waals surface area contributed by atoms with Crippen molar-refractivity contribution in [1.82, 2.24) is 0 Å². The van der Waals surface area contributed by atoms with Gasteiger partial charge in [-0.05, 0) is 5.56 Å². The molecule has 0 aliphatic heterocycles. The number of hydrogen-bond donors (Lipinski definition) is 0. The van der Waals surface area contributed by atoms with Gasteiger partial charge in [-0.2, -0.15) is 0 Å². The normalized spacial score (nSPS) is 11.4. The fraction of sp³-hybridized carbons (Fsp3) is 0.364. The lowest BCUT2D eigenvalue weighted by Crippen LogP contribution is -2.16. The van der Waals surface area contributed by atoms with Gasteiger partial charge in [0.05, 0.1) is 6.54 Å². The Labute approximate surface area is 84.4 Å². The van der Waals surface area contributed by atoms with Crippen molar-refractivity contribution >= 4 is 6.21 Å². The van der Waals surface area contributed by atoms with Crippen molar-refractivity contribution in [2.75, 3.05) is 20.8 Å². The Morgan fingerprint density at radius 2 is 1.86 bits per heavy atom. The smallest absolute Gasteiger partial charge is 0.176 e. The van der Waals surface area contributed by atoms with Crippen LogP contribution in [0.1, 0.15) is 5.56 Å². The highest BCUT2D eigenvalue weighted by Crippen LogP contribution is 1.95. The number of aliphatic imine (C=N–C) groups is 1. The van der Waals surface area contributed by atoms with E-state index in [4.69, 9.17) is 9.47 Å². The number of methoxy groups -OCH3 is 2. The van der Waals surface area contributed by atoms with Crippen LogP contribution in [0.15, 0.2) is 35.3 Å². The minimum Gasteiger partial charge on any atom is -0.354 e. The summed E-state index contributed by atoms with van der Waals surface area (Å²) in [7, 11) is 3.21. The van der Waals surface area contributed by atoms with Gasteiger partial charge in [0.2, 0.25) is 0 Å². The summed E-state index contributed by atoms with van der Waals surface area (Å²) in [5.41, 5.74) is 1.08. The van der Waals surface area contributed by atoms with E-state index >= 15 is 0 Å². The molecule has 14 heavy (non-hydrogen) atoms. The molecule has 1 rings (SSSR count). The maximum atomic E-state index is 5.00. The third-order valence-corrected chi connectivity index (χ3v) is 1.82. The summed E-state index contributed by atoms with van der Waals surface area (Å²) < 4.78 is 10.0. The molecule has 1 aromatic rings. The number of benzene rings is 1. The molecule has 0 N–H and O–H groups in total. The highest BCUT2D eigenvalue weighted by atomic mass is 16.7. The van der Waals surface area contributed by atoms with Crippen LogP contribution in [0.2, 0.25) is 0 Å². The molecular formula is C11H15NO2. The van der Waals surface area contributed by atoms with Crippen LogP contribution >= 0.6 is 0 Å². The maximum absolute atomic E-state index is 5.00. The topological polar surface area (TPSA) is 30.8 Å². The Bertz CT molecular complexity index is 268. The monoisotopic (exact) mass is 193 g/mol. The maximum Gasteiger partial charge on any atom is 0.176 e. The standard InChI is InChI=1S/C11H15NO2/c1-13-11(14-2)9-12-8-10-6-4-3-5-7-10/h3-8,11H,9H2,1-2H3. The molecule has 3 nitrogen and oxygen atoms in total. The van der Waals surface area contributed by atoms with Gasteiger partial charge in [-0.15, -0.1) is 0 Å². The average molecular weight is 193 g/mol. The Balaban J connectivity index is 2.41. The lowest BCUT2D eigenvalue weighted by molar-refractivity contribution is -0.0936. The van der Waals surface area contributed by atoms with Crippen LogP contribution in [0.5, 0.6) is 0 Å². The van der Waals surface area contributed by atoms with Crippen LogP contribution in [0.3, 0.4) is 0 Å². The molecule has 1 aromatic carbocycles. The highest BCUT2D eigenvalue weighted by molar-refractivity contribution is 5.79. The van der Waals surface area contributed by atoms with E-state index in [0.29, 0.717) is 6.54 Å². The Morgan fingerprint density at radius 3 is 2.43 bits per heavy atom. The average Bonchev–Trinajstić information content (AvgIpc) is 2.26. The van der Waals surface area contributed by atoms with Crippen LogP contribution in [0, 0.1) is 0 Å². The van der Waals surface area contributed by atoms with Crippen molar-refractivity contribution in [3.05, 3.63) is 35.9 Å². The molecule has 0 amide bonds.